The molecule has 1 saturated heterocycles. The molecule has 0 spiro atoms. The summed E-state index contributed by atoms with van der Waals surface area (Å²) in [6.07, 6.45) is 4.01. The van der Waals surface area contributed by atoms with Gasteiger partial charge >= 0.3 is 5.97 Å². The van der Waals surface area contributed by atoms with Gasteiger partial charge in [-0.25, -0.2) is 0 Å². The minimum Gasteiger partial charge on any atom is -0.460 e. The third-order valence-electron chi connectivity index (χ3n) is 5.53. The summed E-state index contributed by atoms with van der Waals surface area (Å²) in [5.41, 5.74) is -0.602. The molecule has 0 saturated carbocycles. The number of Topliss-reactive ketones (excluding diaryl/α,β-unsaturated/α-hetero) is 3. The van der Waals surface area contributed by atoms with Crippen LogP contribution in [0.15, 0.2) is 0 Å². The van der Waals surface area contributed by atoms with E-state index in [1.807, 2.05) is 41.5 Å². The van der Waals surface area contributed by atoms with Gasteiger partial charge in [0.15, 0.2) is 0 Å². The third kappa shape index (κ3) is 27.3. The van der Waals surface area contributed by atoms with Crippen LogP contribution in [0.5, 0.6) is 0 Å². The van der Waals surface area contributed by atoms with Gasteiger partial charge in [-0.05, 0) is 74.7 Å². The fourth-order valence-corrected chi connectivity index (χ4v) is 2.59. The second-order valence-corrected chi connectivity index (χ2v) is 10.8. The maximum atomic E-state index is 11.1. The van der Waals surface area contributed by atoms with Crippen LogP contribution in [-0.4, -0.2) is 82.1 Å². The van der Waals surface area contributed by atoms with Crippen molar-refractivity contribution < 1.29 is 47.6 Å². The number of ether oxygens (including phenoxy) is 6. The van der Waals surface area contributed by atoms with E-state index >= 15 is 0 Å². The molecular formula is C28H54O10. The van der Waals surface area contributed by atoms with Gasteiger partial charge in [-0.3, -0.25) is 14.4 Å². The maximum absolute atomic E-state index is 11.1. The number of rotatable bonds is 13. The molecule has 10 heteroatoms. The third-order valence-corrected chi connectivity index (χ3v) is 5.53. The summed E-state index contributed by atoms with van der Waals surface area (Å²) in [5, 5.41) is 0. The minimum absolute atomic E-state index is 0.00220. The van der Waals surface area contributed by atoms with Crippen molar-refractivity contribution in [2.45, 2.75) is 124 Å². The molecule has 10 nitrogen and oxygen atoms in total. The van der Waals surface area contributed by atoms with Gasteiger partial charge in [-0.2, -0.15) is 0 Å². The Bertz CT molecular complexity index is 674. The van der Waals surface area contributed by atoms with Gasteiger partial charge in [-0.1, -0.05) is 0 Å². The highest BCUT2D eigenvalue weighted by atomic mass is 16.8. The average Bonchev–Trinajstić information content (AvgIpc) is 3.14. The molecule has 38 heavy (non-hydrogen) atoms. The van der Waals surface area contributed by atoms with Gasteiger partial charge in [0, 0.05) is 54.8 Å². The number of methoxy groups -OCH3 is 5. The van der Waals surface area contributed by atoms with Gasteiger partial charge in [0.05, 0.1) is 17.6 Å². The Balaban J connectivity index is -0.000000442. The van der Waals surface area contributed by atoms with Gasteiger partial charge in [-0.15, -0.1) is 0 Å². The number of hydrogen-bond donors (Lipinski definition) is 0. The van der Waals surface area contributed by atoms with Crippen LogP contribution in [0.2, 0.25) is 0 Å². The molecule has 226 valence electrons. The molecule has 0 unspecified atom stereocenters. The largest absolute Gasteiger partial charge is 0.460 e. The Morgan fingerprint density at radius 1 is 0.816 bits per heavy atom. The fraction of sp³-hybridized carbons (Fsp3) is 0.857. The summed E-state index contributed by atoms with van der Waals surface area (Å²) >= 11 is 0. The highest BCUT2D eigenvalue weighted by molar-refractivity contribution is 5.97. The van der Waals surface area contributed by atoms with E-state index in [0.717, 1.165) is 12.8 Å². The van der Waals surface area contributed by atoms with Crippen LogP contribution in [0.3, 0.4) is 0 Å². The van der Waals surface area contributed by atoms with Crippen LogP contribution in [0, 0.1) is 0 Å². The summed E-state index contributed by atoms with van der Waals surface area (Å²) in [6, 6.07) is 0. The van der Waals surface area contributed by atoms with Gasteiger partial charge in [0.2, 0.25) is 0 Å². The predicted molar refractivity (Wildman–Crippen MR) is 146 cm³/mol. The standard InChI is InChI=1S/C10H18O3.C8H16O2.C6H10O2.C4H10O3/c1-8(11)7-9(12)5-6-10(2,3)13-4;1-7(9)5-6-8(2,3)10-4;1-6(2)4-3-5(7)8-6;1-5-4(6-2)7-3/h5-7H2,1-4H3;5-6H2,1-4H3;3-4H2,1-2H3;4H,1-3H3. The van der Waals surface area contributed by atoms with Crippen LogP contribution in [0.4, 0.5) is 0 Å². The second-order valence-electron chi connectivity index (χ2n) is 10.8. The van der Waals surface area contributed by atoms with Crippen molar-refractivity contribution in [3.63, 3.8) is 0 Å². The molecule has 0 atom stereocenters. The lowest BCUT2D eigenvalue weighted by atomic mass is 9.99. The lowest BCUT2D eigenvalue weighted by molar-refractivity contribution is -0.252. The van der Waals surface area contributed by atoms with Gasteiger partial charge in [0.1, 0.15) is 23.0 Å². The van der Waals surface area contributed by atoms with E-state index in [0.29, 0.717) is 25.7 Å². The molecule has 0 aliphatic carbocycles. The van der Waals surface area contributed by atoms with E-state index < -0.39 is 6.48 Å². The van der Waals surface area contributed by atoms with Crippen LogP contribution in [0.1, 0.15) is 100 Å². The minimum atomic E-state index is -0.514. The highest BCUT2D eigenvalue weighted by Gasteiger charge is 2.30. The smallest absolute Gasteiger partial charge is 0.306 e. The molecule has 0 aromatic rings. The molecule has 0 aromatic heterocycles. The summed E-state index contributed by atoms with van der Waals surface area (Å²) in [5.74, 6) is 0.0953. The van der Waals surface area contributed by atoms with Gasteiger partial charge in [0.25, 0.3) is 6.48 Å². The van der Waals surface area contributed by atoms with E-state index in [9.17, 15) is 19.2 Å². The summed E-state index contributed by atoms with van der Waals surface area (Å²) < 4.78 is 29.0. The molecule has 1 fully saturated rings. The second kappa shape index (κ2) is 21.1. The zero-order valence-electron chi connectivity index (χ0n) is 26.1. The van der Waals surface area contributed by atoms with Crippen molar-refractivity contribution in [1.82, 2.24) is 0 Å². The molecule has 1 heterocycles. The number of cyclic esters (lactones) is 1. The molecular weight excluding hydrogens is 496 g/mol. The first kappa shape index (κ1) is 40.8. The lowest BCUT2D eigenvalue weighted by Gasteiger charge is -2.21. The summed E-state index contributed by atoms with van der Waals surface area (Å²) in [6.45, 7) is 14.2. The van der Waals surface area contributed by atoms with Crippen molar-refractivity contribution in [1.29, 1.82) is 0 Å². The highest BCUT2D eigenvalue weighted by Crippen LogP contribution is 2.24. The van der Waals surface area contributed by atoms with E-state index in [4.69, 9.17) is 14.2 Å². The van der Waals surface area contributed by atoms with Crippen molar-refractivity contribution in [3.05, 3.63) is 0 Å². The SMILES string of the molecule is CC1(C)CCC(=O)O1.COC(C)(C)CCC(=O)CC(C)=O.COC(C)(C)CCC(C)=O.COC(OC)OC. The van der Waals surface area contributed by atoms with Gasteiger partial charge < -0.3 is 33.2 Å². The summed E-state index contributed by atoms with van der Waals surface area (Å²) in [7, 11) is 7.82. The molecule has 0 amide bonds. The monoisotopic (exact) mass is 550 g/mol. The summed E-state index contributed by atoms with van der Waals surface area (Å²) in [4.78, 5) is 42.7. The number of ketones is 3. The maximum Gasteiger partial charge on any atom is 0.306 e. The number of carbonyl (C=O) groups excluding carboxylic acids is 4. The Labute approximate surface area is 230 Å². The quantitative estimate of drug-likeness (QED) is 0.179. The molecule has 0 aromatic carbocycles. The molecule has 0 radical (unpaired) electrons. The lowest BCUT2D eigenvalue weighted by Crippen LogP contribution is -2.23. The number of hydrogen-bond acceptors (Lipinski definition) is 10. The molecule has 1 rings (SSSR count). The molecule has 0 N–H and O–H groups in total. The van der Waals surface area contributed by atoms with Crippen molar-refractivity contribution in [3.8, 4) is 0 Å². The first-order valence-electron chi connectivity index (χ1n) is 12.7. The molecule has 1 aliphatic heterocycles. The molecule has 1 aliphatic rings. The molecule has 0 bridgehead atoms. The van der Waals surface area contributed by atoms with E-state index in [-0.39, 0.29) is 46.5 Å². The van der Waals surface area contributed by atoms with E-state index in [1.54, 1.807) is 21.1 Å². The van der Waals surface area contributed by atoms with E-state index in [2.05, 4.69) is 14.2 Å². The zero-order valence-corrected chi connectivity index (χ0v) is 26.1. The normalized spacial score (nSPS) is 14.2. The van der Waals surface area contributed by atoms with Crippen LogP contribution in [0.25, 0.3) is 0 Å². The topological polar surface area (TPSA) is 124 Å². The van der Waals surface area contributed by atoms with Crippen LogP contribution in [-0.2, 0) is 47.6 Å². The Morgan fingerprint density at radius 2 is 1.24 bits per heavy atom. The fourth-order valence-electron chi connectivity index (χ4n) is 2.59. The predicted octanol–water partition coefficient (Wildman–Crippen LogP) is 4.83. The Kier molecular flexibility index (Phi) is 22.7. The first-order chi connectivity index (χ1) is 17.3. The van der Waals surface area contributed by atoms with Crippen molar-refractivity contribution in [2.24, 2.45) is 0 Å². The zero-order chi connectivity index (χ0) is 30.6. The van der Waals surface area contributed by atoms with Crippen LogP contribution < -0.4 is 0 Å². The Morgan fingerprint density at radius 3 is 1.45 bits per heavy atom. The van der Waals surface area contributed by atoms with Crippen molar-refractivity contribution in [2.75, 3.05) is 35.5 Å². The number of esters is 1. The van der Waals surface area contributed by atoms with Crippen LogP contribution >= 0.6 is 0 Å². The van der Waals surface area contributed by atoms with E-state index in [1.165, 1.54) is 28.3 Å². The Hall–Kier alpha value is -1.72. The first-order valence-corrected chi connectivity index (χ1v) is 12.7. The van der Waals surface area contributed by atoms with Crippen molar-refractivity contribution >= 4 is 23.3 Å². The number of carbonyl (C=O) groups is 4. The average molecular weight is 551 g/mol.